The number of hydrogen-bond acceptors (Lipinski definition) is 4. The van der Waals surface area contributed by atoms with Gasteiger partial charge in [0.25, 0.3) is 0 Å². The molecule has 0 atom stereocenters. The summed E-state index contributed by atoms with van der Waals surface area (Å²) in [5, 5.41) is 0. The van der Waals surface area contributed by atoms with E-state index in [0.717, 1.165) is 35.6 Å². The van der Waals surface area contributed by atoms with Gasteiger partial charge in [0, 0.05) is 25.0 Å². The molecule has 0 radical (unpaired) electrons. The maximum Gasteiger partial charge on any atom is 0.240 e. The quantitative estimate of drug-likeness (QED) is 0.749. The summed E-state index contributed by atoms with van der Waals surface area (Å²) in [7, 11) is -3.45. The van der Waals surface area contributed by atoms with E-state index >= 15 is 0 Å². The lowest BCUT2D eigenvalue weighted by Gasteiger charge is -2.20. The molecule has 0 saturated carbocycles. The number of aromatic nitrogens is 2. The average molecular weight is 370 g/mol. The molecule has 6 nitrogen and oxygen atoms in total. The first-order valence-electron chi connectivity index (χ1n) is 8.78. The van der Waals surface area contributed by atoms with Crippen LogP contribution in [-0.4, -0.2) is 30.9 Å². The lowest BCUT2D eigenvalue weighted by molar-refractivity contribution is 0.584. The molecular weight excluding hydrogens is 348 g/mol. The van der Waals surface area contributed by atoms with Gasteiger partial charge in [-0.25, -0.2) is 18.1 Å². The molecule has 0 spiro atoms. The van der Waals surface area contributed by atoms with Crippen molar-refractivity contribution in [2.45, 2.75) is 31.7 Å². The van der Waals surface area contributed by atoms with E-state index in [2.05, 4.69) is 32.0 Å². The van der Waals surface area contributed by atoms with Crippen LogP contribution < -0.4 is 9.62 Å². The Hall–Kier alpha value is -2.38. The maximum absolute atomic E-state index is 12.3. The summed E-state index contributed by atoms with van der Waals surface area (Å²) in [5.74, 6) is 0. The highest BCUT2D eigenvalue weighted by atomic mass is 32.2. The lowest BCUT2D eigenvalue weighted by Crippen LogP contribution is -2.24. The minimum Gasteiger partial charge on any atom is -0.365 e. The monoisotopic (exact) mass is 370 g/mol. The fraction of sp³-hybridized carbons (Fsp3) is 0.316. The van der Waals surface area contributed by atoms with Crippen LogP contribution in [0.2, 0.25) is 0 Å². The Morgan fingerprint density at radius 1 is 1.27 bits per heavy atom. The third-order valence-electron chi connectivity index (χ3n) is 4.85. The van der Waals surface area contributed by atoms with E-state index in [1.807, 2.05) is 24.5 Å². The minimum absolute atomic E-state index is 0.319. The fourth-order valence-electron chi connectivity index (χ4n) is 3.54. The number of anilines is 1. The van der Waals surface area contributed by atoms with Gasteiger partial charge in [-0.15, -0.1) is 0 Å². The molecule has 0 unspecified atom stereocenters. The van der Waals surface area contributed by atoms with Crippen LogP contribution in [0.3, 0.4) is 0 Å². The van der Waals surface area contributed by atoms with Crippen LogP contribution in [0, 0.1) is 6.92 Å². The van der Waals surface area contributed by atoms with Gasteiger partial charge in [0.1, 0.15) is 5.65 Å². The predicted molar refractivity (Wildman–Crippen MR) is 102 cm³/mol. The molecule has 4 rings (SSSR count). The van der Waals surface area contributed by atoms with Gasteiger partial charge >= 0.3 is 0 Å². The molecule has 1 aliphatic heterocycles. The normalized spacial score (nSPS) is 14.2. The fourth-order valence-corrected chi connectivity index (χ4v) is 4.61. The Labute approximate surface area is 153 Å². The summed E-state index contributed by atoms with van der Waals surface area (Å²) in [6.07, 6.45) is 4.85. The zero-order valence-electron chi connectivity index (χ0n) is 14.9. The van der Waals surface area contributed by atoms with E-state index in [4.69, 9.17) is 0 Å². The summed E-state index contributed by atoms with van der Waals surface area (Å²) in [6, 6.07) is 9.48. The summed E-state index contributed by atoms with van der Waals surface area (Å²) in [4.78, 5) is 7.07. The third-order valence-corrected chi connectivity index (χ3v) is 6.40. The number of benzene rings is 1. The Kier molecular flexibility index (Phi) is 4.20. The molecule has 1 aliphatic rings. The second-order valence-corrected chi connectivity index (χ2v) is 8.36. The number of sulfonamides is 1. The van der Waals surface area contributed by atoms with E-state index < -0.39 is 10.0 Å². The molecule has 3 aromatic rings. The van der Waals surface area contributed by atoms with E-state index in [1.54, 1.807) is 19.1 Å². The van der Waals surface area contributed by atoms with Gasteiger partial charge in [0.15, 0.2) is 0 Å². The van der Waals surface area contributed by atoms with Gasteiger partial charge in [-0.1, -0.05) is 19.1 Å². The van der Waals surface area contributed by atoms with E-state index in [0.29, 0.717) is 18.0 Å². The van der Waals surface area contributed by atoms with Gasteiger partial charge in [-0.05, 0) is 42.7 Å². The number of imidazole rings is 1. The number of rotatable bonds is 5. The Balaban J connectivity index is 1.68. The van der Waals surface area contributed by atoms with Crippen molar-refractivity contribution in [2.75, 3.05) is 18.0 Å². The Morgan fingerprint density at radius 2 is 2.12 bits per heavy atom. The summed E-state index contributed by atoms with van der Waals surface area (Å²) >= 11 is 0. The first kappa shape index (κ1) is 17.1. The first-order chi connectivity index (χ1) is 12.5. The highest BCUT2D eigenvalue weighted by Gasteiger charge is 2.23. The van der Waals surface area contributed by atoms with E-state index in [-0.39, 0.29) is 0 Å². The summed E-state index contributed by atoms with van der Waals surface area (Å²) in [6.45, 7) is 5.78. The van der Waals surface area contributed by atoms with Crippen molar-refractivity contribution in [3.8, 4) is 0 Å². The predicted octanol–water partition coefficient (Wildman–Crippen LogP) is 2.50. The molecular formula is C19H22N4O2S. The van der Waals surface area contributed by atoms with Crippen molar-refractivity contribution in [3.63, 3.8) is 0 Å². The average Bonchev–Trinajstić information content (AvgIpc) is 3.20. The SMILES string of the molecule is CCNS(=O)(=O)c1ccc2c(c1)N(Cc1cnc3c(C)cccn13)CC2. The Morgan fingerprint density at radius 3 is 2.92 bits per heavy atom. The highest BCUT2D eigenvalue weighted by molar-refractivity contribution is 7.89. The number of hydrogen-bond donors (Lipinski definition) is 1. The molecule has 0 aliphatic carbocycles. The molecule has 0 fully saturated rings. The van der Waals surface area contributed by atoms with Gasteiger partial charge in [0.05, 0.1) is 23.3 Å². The molecule has 7 heteroatoms. The van der Waals surface area contributed by atoms with E-state index in [1.165, 1.54) is 5.56 Å². The number of aryl methyl sites for hydroxylation is 1. The van der Waals surface area contributed by atoms with Crippen LogP contribution in [0.4, 0.5) is 5.69 Å². The van der Waals surface area contributed by atoms with Crippen molar-refractivity contribution in [3.05, 3.63) is 59.5 Å². The van der Waals surface area contributed by atoms with Crippen molar-refractivity contribution in [1.29, 1.82) is 0 Å². The summed E-state index contributed by atoms with van der Waals surface area (Å²) in [5.41, 5.74) is 5.37. The van der Waals surface area contributed by atoms with Crippen LogP contribution in [0.15, 0.2) is 47.6 Å². The smallest absolute Gasteiger partial charge is 0.240 e. The minimum atomic E-state index is -3.45. The molecule has 2 aromatic heterocycles. The number of nitrogens with one attached hydrogen (secondary N) is 1. The van der Waals surface area contributed by atoms with Gasteiger partial charge in [0.2, 0.25) is 10.0 Å². The van der Waals surface area contributed by atoms with Crippen LogP contribution in [0.25, 0.3) is 5.65 Å². The van der Waals surface area contributed by atoms with Gasteiger partial charge in [-0.2, -0.15) is 0 Å². The maximum atomic E-state index is 12.3. The first-order valence-corrected chi connectivity index (χ1v) is 10.3. The molecule has 1 N–H and O–H groups in total. The van der Waals surface area contributed by atoms with Crippen molar-refractivity contribution in [2.24, 2.45) is 0 Å². The second kappa shape index (κ2) is 6.41. The van der Waals surface area contributed by atoms with Crippen molar-refractivity contribution < 1.29 is 8.42 Å². The molecule has 136 valence electrons. The number of fused-ring (bicyclic) bond motifs is 2. The standard InChI is InChI=1S/C19H22N4O2S/c1-3-21-26(24,25)17-7-6-15-8-10-22(18(15)11-17)13-16-12-20-19-14(2)5-4-9-23(16)19/h4-7,9,11-12,21H,3,8,10,13H2,1-2H3. The Bertz CT molecular complexity index is 1070. The largest absolute Gasteiger partial charge is 0.365 e. The summed E-state index contributed by atoms with van der Waals surface area (Å²) < 4.78 is 29.3. The van der Waals surface area contributed by atoms with Crippen molar-refractivity contribution in [1.82, 2.24) is 14.1 Å². The molecule has 1 aromatic carbocycles. The van der Waals surface area contributed by atoms with Crippen LogP contribution in [-0.2, 0) is 23.0 Å². The van der Waals surface area contributed by atoms with Crippen LogP contribution >= 0.6 is 0 Å². The molecule has 0 bridgehead atoms. The molecule has 0 saturated heterocycles. The van der Waals surface area contributed by atoms with Crippen molar-refractivity contribution >= 4 is 21.4 Å². The lowest BCUT2D eigenvalue weighted by atomic mass is 10.2. The van der Waals surface area contributed by atoms with Crippen LogP contribution in [0.1, 0.15) is 23.7 Å². The van der Waals surface area contributed by atoms with E-state index in [9.17, 15) is 8.42 Å². The van der Waals surface area contributed by atoms with Gasteiger partial charge in [-0.3, -0.25) is 0 Å². The van der Waals surface area contributed by atoms with Gasteiger partial charge < -0.3 is 9.30 Å². The second-order valence-electron chi connectivity index (χ2n) is 6.60. The zero-order chi connectivity index (χ0) is 18.3. The molecule has 0 amide bonds. The highest BCUT2D eigenvalue weighted by Crippen LogP contribution is 2.31. The zero-order valence-corrected chi connectivity index (χ0v) is 15.8. The number of nitrogens with zero attached hydrogens (tertiary/aromatic N) is 3. The topological polar surface area (TPSA) is 66.7 Å². The third kappa shape index (κ3) is 2.87. The molecule has 3 heterocycles. The molecule has 26 heavy (non-hydrogen) atoms. The van der Waals surface area contributed by atoms with Crippen LogP contribution in [0.5, 0.6) is 0 Å². The number of pyridine rings is 1.